The minimum Gasteiger partial charge on any atom is -0.348 e. The minimum atomic E-state index is -0.169. The van der Waals surface area contributed by atoms with Crippen molar-refractivity contribution in [3.05, 3.63) is 36.4 Å². The number of carbonyl (C=O) groups is 1. The number of hydrogen-bond donors (Lipinski definition) is 1. The first-order valence-corrected chi connectivity index (χ1v) is 3.91. The maximum Gasteiger partial charge on any atom is 0.254 e. The first-order chi connectivity index (χ1) is 6.25. The second-order valence-electron chi connectivity index (χ2n) is 2.52. The van der Waals surface area contributed by atoms with Crippen LogP contribution in [0.2, 0.25) is 0 Å². The van der Waals surface area contributed by atoms with Gasteiger partial charge in [0.15, 0.2) is 0 Å². The van der Waals surface area contributed by atoms with Crippen LogP contribution in [-0.2, 0) is 0 Å². The zero-order chi connectivity index (χ0) is 9.68. The summed E-state index contributed by atoms with van der Waals surface area (Å²) in [6.45, 7) is 5.72. The maximum absolute atomic E-state index is 11.4. The lowest BCUT2D eigenvalue weighted by molar-refractivity contribution is 0.0956. The number of hydrogen-bond acceptors (Lipinski definition) is 3. The van der Waals surface area contributed by atoms with Crippen LogP contribution in [0.3, 0.4) is 0 Å². The third-order valence-electron chi connectivity index (χ3n) is 1.56. The number of carbonyl (C=O) groups excluding carboxylic acids is 1. The van der Waals surface area contributed by atoms with Crippen LogP contribution in [0.5, 0.6) is 0 Å². The standard InChI is InChI=1S/C9H11N3O/c1-3-4-11-9(13)8-5-10-6-12-7(8)2/h3,5-6H,1,4H2,2H3,(H,11,13). The fraction of sp³-hybridized carbons (Fsp3) is 0.222. The van der Waals surface area contributed by atoms with Gasteiger partial charge in [0, 0.05) is 12.7 Å². The Labute approximate surface area is 76.7 Å². The minimum absolute atomic E-state index is 0.169. The Bertz CT molecular complexity index is 322. The number of rotatable bonds is 3. The van der Waals surface area contributed by atoms with E-state index in [0.717, 1.165) is 0 Å². The van der Waals surface area contributed by atoms with Crippen molar-refractivity contribution in [2.24, 2.45) is 0 Å². The Morgan fingerprint density at radius 2 is 2.54 bits per heavy atom. The van der Waals surface area contributed by atoms with Gasteiger partial charge in [-0.05, 0) is 6.92 Å². The van der Waals surface area contributed by atoms with E-state index in [0.29, 0.717) is 17.8 Å². The second-order valence-corrected chi connectivity index (χ2v) is 2.52. The van der Waals surface area contributed by atoms with Crippen LogP contribution in [0.1, 0.15) is 16.1 Å². The summed E-state index contributed by atoms with van der Waals surface area (Å²) in [7, 11) is 0. The molecule has 1 heterocycles. The van der Waals surface area contributed by atoms with Gasteiger partial charge in [-0.2, -0.15) is 0 Å². The second kappa shape index (κ2) is 4.35. The summed E-state index contributed by atoms with van der Waals surface area (Å²) in [5, 5.41) is 2.65. The van der Waals surface area contributed by atoms with E-state index in [9.17, 15) is 4.79 Å². The van der Waals surface area contributed by atoms with E-state index in [4.69, 9.17) is 0 Å². The Morgan fingerprint density at radius 1 is 1.77 bits per heavy atom. The summed E-state index contributed by atoms with van der Waals surface area (Å²) < 4.78 is 0. The number of amides is 1. The highest BCUT2D eigenvalue weighted by atomic mass is 16.1. The van der Waals surface area contributed by atoms with Gasteiger partial charge in [0.1, 0.15) is 6.33 Å². The molecule has 0 radical (unpaired) electrons. The summed E-state index contributed by atoms with van der Waals surface area (Å²) in [5.41, 5.74) is 1.18. The van der Waals surface area contributed by atoms with Crippen molar-refractivity contribution in [2.45, 2.75) is 6.92 Å². The summed E-state index contributed by atoms with van der Waals surface area (Å²) in [5.74, 6) is -0.169. The van der Waals surface area contributed by atoms with Gasteiger partial charge in [-0.1, -0.05) is 6.08 Å². The zero-order valence-corrected chi connectivity index (χ0v) is 7.45. The van der Waals surface area contributed by atoms with Gasteiger partial charge >= 0.3 is 0 Å². The molecule has 0 saturated heterocycles. The molecule has 0 aliphatic rings. The SMILES string of the molecule is C=CCNC(=O)c1cncnc1C. The molecule has 0 fully saturated rings. The van der Waals surface area contributed by atoms with Crippen molar-refractivity contribution in [1.82, 2.24) is 15.3 Å². The first-order valence-electron chi connectivity index (χ1n) is 3.91. The predicted molar refractivity (Wildman–Crippen MR) is 49.3 cm³/mol. The summed E-state index contributed by atoms with van der Waals surface area (Å²) in [6, 6.07) is 0. The van der Waals surface area contributed by atoms with Crippen LogP contribution in [-0.4, -0.2) is 22.4 Å². The fourth-order valence-corrected chi connectivity index (χ4v) is 0.874. The molecule has 0 atom stereocenters. The third kappa shape index (κ3) is 2.37. The van der Waals surface area contributed by atoms with Gasteiger partial charge in [0.05, 0.1) is 11.3 Å². The van der Waals surface area contributed by atoms with E-state index in [-0.39, 0.29) is 5.91 Å². The van der Waals surface area contributed by atoms with E-state index in [2.05, 4.69) is 21.9 Å². The van der Waals surface area contributed by atoms with Gasteiger partial charge in [0.2, 0.25) is 0 Å². The molecule has 1 N–H and O–H groups in total. The highest BCUT2D eigenvalue weighted by Crippen LogP contribution is 2.00. The molecule has 0 unspecified atom stereocenters. The molecule has 1 aromatic rings. The van der Waals surface area contributed by atoms with E-state index in [1.165, 1.54) is 12.5 Å². The predicted octanol–water partition coefficient (Wildman–Crippen LogP) is 0.701. The number of aromatic nitrogens is 2. The molecule has 68 valence electrons. The number of aryl methyl sites for hydroxylation is 1. The van der Waals surface area contributed by atoms with Gasteiger partial charge in [-0.25, -0.2) is 9.97 Å². The molecule has 0 aromatic carbocycles. The average molecular weight is 177 g/mol. The lowest BCUT2D eigenvalue weighted by atomic mass is 10.2. The van der Waals surface area contributed by atoms with Crippen molar-refractivity contribution in [3.63, 3.8) is 0 Å². The smallest absolute Gasteiger partial charge is 0.254 e. The Kier molecular flexibility index (Phi) is 3.14. The fourth-order valence-electron chi connectivity index (χ4n) is 0.874. The van der Waals surface area contributed by atoms with Gasteiger partial charge in [-0.15, -0.1) is 6.58 Å². The molecule has 0 bridgehead atoms. The Morgan fingerprint density at radius 3 is 3.15 bits per heavy atom. The number of nitrogens with one attached hydrogen (secondary N) is 1. The summed E-state index contributed by atoms with van der Waals surface area (Å²) >= 11 is 0. The third-order valence-corrected chi connectivity index (χ3v) is 1.56. The quantitative estimate of drug-likeness (QED) is 0.691. The molecule has 4 nitrogen and oxygen atoms in total. The largest absolute Gasteiger partial charge is 0.348 e. The molecule has 0 spiro atoms. The first kappa shape index (κ1) is 9.38. The lowest BCUT2D eigenvalue weighted by Gasteiger charge is -2.03. The molecule has 0 saturated carbocycles. The highest BCUT2D eigenvalue weighted by molar-refractivity contribution is 5.94. The topological polar surface area (TPSA) is 54.9 Å². The molecular formula is C9H11N3O. The highest BCUT2D eigenvalue weighted by Gasteiger charge is 2.07. The van der Waals surface area contributed by atoms with Crippen LogP contribution in [0.15, 0.2) is 25.2 Å². The van der Waals surface area contributed by atoms with Gasteiger partial charge in [0.25, 0.3) is 5.91 Å². The van der Waals surface area contributed by atoms with E-state index >= 15 is 0 Å². The van der Waals surface area contributed by atoms with Crippen molar-refractivity contribution < 1.29 is 4.79 Å². The van der Waals surface area contributed by atoms with Crippen molar-refractivity contribution in [1.29, 1.82) is 0 Å². The van der Waals surface area contributed by atoms with Crippen LogP contribution < -0.4 is 5.32 Å². The maximum atomic E-state index is 11.4. The molecule has 1 rings (SSSR count). The molecule has 0 aliphatic heterocycles. The molecule has 1 amide bonds. The van der Waals surface area contributed by atoms with Crippen LogP contribution in [0, 0.1) is 6.92 Å². The molecule has 1 aromatic heterocycles. The molecule has 0 aliphatic carbocycles. The lowest BCUT2D eigenvalue weighted by Crippen LogP contribution is -2.24. The van der Waals surface area contributed by atoms with Gasteiger partial charge < -0.3 is 5.32 Å². The Hall–Kier alpha value is -1.71. The molecular weight excluding hydrogens is 166 g/mol. The molecule has 4 heteroatoms. The molecule has 13 heavy (non-hydrogen) atoms. The monoisotopic (exact) mass is 177 g/mol. The van der Waals surface area contributed by atoms with Crippen molar-refractivity contribution in [3.8, 4) is 0 Å². The van der Waals surface area contributed by atoms with E-state index in [1.54, 1.807) is 13.0 Å². The summed E-state index contributed by atoms with van der Waals surface area (Å²) in [4.78, 5) is 19.1. The van der Waals surface area contributed by atoms with E-state index in [1.807, 2.05) is 0 Å². The van der Waals surface area contributed by atoms with Crippen LogP contribution >= 0.6 is 0 Å². The van der Waals surface area contributed by atoms with Gasteiger partial charge in [-0.3, -0.25) is 4.79 Å². The van der Waals surface area contributed by atoms with Crippen molar-refractivity contribution in [2.75, 3.05) is 6.54 Å². The normalized spacial score (nSPS) is 9.31. The van der Waals surface area contributed by atoms with Crippen molar-refractivity contribution >= 4 is 5.91 Å². The van der Waals surface area contributed by atoms with E-state index < -0.39 is 0 Å². The average Bonchev–Trinajstić information content (AvgIpc) is 2.15. The van der Waals surface area contributed by atoms with Crippen LogP contribution in [0.25, 0.3) is 0 Å². The summed E-state index contributed by atoms with van der Waals surface area (Å²) in [6.07, 6.45) is 4.54. The zero-order valence-electron chi connectivity index (χ0n) is 7.45. The van der Waals surface area contributed by atoms with Crippen LogP contribution in [0.4, 0.5) is 0 Å². The Balaban J connectivity index is 2.76. The number of nitrogens with zero attached hydrogens (tertiary/aromatic N) is 2.